The highest BCUT2D eigenvalue weighted by Gasteiger charge is 2.46. The van der Waals surface area contributed by atoms with Gasteiger partial charge >= 0.3 is 0 Å². The van der Waals surface area contributed by atoms with Crippen LogP contribution in [0.2, 0.25) is 0 Å². The molecule has 0 aliphatic heterocycles. The number of phenolic OH excluding ortho intramolecular Hbond substituents is 1. The zero-order valence-corrected chi connectivity index (χ0v) is 33.2. The molecule has 8 aromatic rings. The molecule has 2 aromatic heterocycles. The highest BCUT2D eigenvalue weighted by atomic mass is 16.3. The highest BCUT2D eigenvalue weighted by molar-refractivity contribution is 5.95. The molecule has 9 rings (SSSR count). The molecule has 0 unspecified atom stereocenters. The van der Waals surface area contributed by atoms with E-state index in [0.717, 1.165) is 78.2 Å². The summed E-state index contributed by atoms with van der Waals surface area (Å²) in [5, 5.41) is 12.6. The molecule has 276 valence electrons. The quantitative estimate of drug-likeness (QED) is 0.192. The van der Waals surface area contributed by atoms with Crippen molar-refractivity contribution in [1.29, 1.82) is 0 Å². The third kappa shape index (κ3) is 5.58. The van der Waals surface area contributed by atoms with Crippen LogP contribution in [0.25, 0.3) is 72.6 Å². The number of phenols is 1. The van der Waals surface area contributed by atoms with Crippen LogP contribution in [0.1, 0.15) is 65.2 Å². The number of nitrogens with zero attached hydrogens (tertiary/aromatic N) is 3. The lowest BCUT2D eigenvalue weighted by atomic mass is 9.55. The maximum absolute atomic E-state index is 11.5. The third-order valence-corrected chi connectivity index (χ3v) is 12.5. The number of hydrogen-bond donors (Lipinski definition) is 1. The molecule has 0 atom stereocenters. The van der Waals surface area contributed by atoms with Crippen molar-refractivity contribution in [1.82, 2.24) is 14.5 Å². The second-order valence-corrected chi connectivity index (χ2v) is 17.3. The van der Waals surface area contributed by atoms with E-state index in [4.69, 9.17) is 9.97 Å². The van der Waals surface area contributed by atoms with Crippen molar-refractivity contribution in [3.05, 3.63) is 169 Å². The minimum atomic E-state index is -0.216. The molecule has 0 bridgehead atoms. The molecule has 0 radical (unpaired) electrons. The summed E-state index contributed by atoms with van der Waals surface area (Å²) in [6.07, 6.45) is 4.08. The van der Waals surface area contributed by atoms with Crippen LogP contribution in [0.5, 0.6) is 5.75 Å². The summed E-state index contributed by atoms with van der Waals surface area (Å²) in [5.74, 6) is 1.11. The van der Waals surface area contributed by atoms with Crippen molar-refractivity contribution >= 4 is 10.9 Å². The van der Waals surface area contributed by atoms with Gasteiger partial charge < -0.3 is 5.11 Å². The van der Waals surface area contributed by atoms with Crippen molar-refractivity contribution in [3.8, 4) is 67.5 Å². The fraction of sp³-hybridized carbons (Fsp3) is 0.192. The minimum absolute atomic E-state index is 0.0843. The second-order valence-electron chi connectivity index (χ2n) is 17.3. The molecule has 0 fully saturated rings. The Morgan fingerprint density at radius 3 is 1.88 bits per heavy atom. The Hall–Kier alpha value is -6.26. The summed E-state index contributed by atoms with van der Waals surface area (Å²) in [4.78, 5) is 10.6. The standard InChI is InChI=1S/C52H47N3O/c1-50(2,3)37-29-35-21-16-28-53-47(35)41(31-37)44-32-55(48-38(33-17-10-8-11-18-33)22-14-23-39(48)34-19-12-9-13-20-34)49(54-44)36-26-27-42-40(30-36)46-43(24-15-25-45(46)56)52(6,7)51(42,4)5/h8-32,56H,1-7H3. The zero-order chi connectivity index (χ0) is 39.0. The van der Waals surface area contributed by atoms with Gasteiger partial charge in [-0.2, -0.15) is 0 Å². The molecule has 0 saturated carbocycles. The lowest BCUT2D eigenvalue weighted by Crippen LogP contribution is -2.43. The average Bonchev–Trinajstić information content (AvgIpc) is 3.64. The fourth-order valence-electron chi connectivity index (χ4n) is 8.66. The van der Waals surface area contributed by atoms with E-state index < -0.39 is 0 Å². The van der Waals surface area contributed by atoms with Crippen molar-refractivity contribution in [2.75, 3.05) is 0 Å². The van der Waals surface area contributed by atoms with Crippen LogP contribution in [0.4, 0.5) is 0 Å². The van der Waals surface area contributed by atoms with Gasteiger partial charge in [-0.1, -0.05) is 158 Å². The summed E-state index contributed by atoms with van der Waals surface area (Å²) in [5.41, 5.74) is 14.2. The summed E-state index contributed by atoms with van der Waals surface area (Å²) in [7, 11) is 0. The number of aromatic hydroxyl groups is 1. The monoisotopic (exact) mass is 729 g/mol. The van der Waals surface area contributed by atoms with Gasteiger partial charge in [0.1, 0.15) is 11.6 Å². The van der Waals surface area contributed by atoms with E-state index in [1.54, 1.807) is 0 Å². The predicted octanol–water partition coefficient (Wildman–Crippen LogP) is 13.3. The molecule has 1 aliphatic rings. The van der Waals surface area contributed by atoms with E-state index >= 15 is 0 Å². The Bertz CT molecular complexity index is 2730. The van der Waals surface area contributed by atoms with Crippen LogP contribution in [0, 0.1) is 0 Å². The molecule has 2 heterocycles. The first-order valence-electron chi connectivity index (χ1n) is 19.6. The number of fused-ring (bicyclic) bond motifs is 4. The smallest absolute Gasteiger partial charge is 0.145 e. The van der Waals surface area contributed by atoms with E-state index in [-0.39, 0.29) is 16.2 Å². The third-order valence-electron chi connectivity index (χ3n) is 12.5. The van der Waals surface area contributed by atoms with Crippen LogP contribution >= 0.6 is 0 Å². The summed E-state index contributed by atoms with van der Waals surface area (Å²) in [6.45, 7) is 16.0. The lowest BCUT2D eigenvalue weighted by Gasteiger charge is -2.48. The maximum Gasteiger partial charge on any atom is 0.145 e. The Kier molecular flexibility index (Phi) is 8.17. The first-order chi connectivity index (χ1) is 26.8. The number of imidazole rings is 1. The van der Waals surface area contributed by atoms with Crippen molar-refractivity contribution in [3.63, 3.8) is 0 Å². The number of aromatic nitrogens is 3. The van der Waals surface area contributed by atoms with Crippen LogP contribution in [-0.2, 0) is 16.2 Å². The predicted molar refractivity (Wildman–Crippen MR) is 232 cm³/mol. The summed E-state index contributed by atoms with van der Waals surface area (Å²) in [6, 6.07) is 49.2. The van der Waals surface area contributed by atoms with Crippen molar-refractivity contribution in [2.24, 2.45) is 0 Å². The first-order valence-corrected chi connectivity index (χ1v) is 19.6. The van der Waals surface area contributed by atoms with E-state index in [2.05, 4.69) is 181 Å². The molecular weight excluding hydrogens is 683 g/mol. The zero-order valence-electron chi connectivity index (χ0n) is 33.2. The van der Waals surface area contributed by atoms with Crippen LogP contribution in [-0.4, -0.2) is 19.6 Å². The number of para-hydroxylation sites is 1. The Labute approximate surface area is 330 Å². The highest BCUT2D eigenvalue weighted by Crippen LogP contribution is 2.56. The summed E-state index contributed by atoms with van der Waals surface area (Å²) < 4.78 is 2.30. The molecular formula is C52H47N3O. The van der Waals surface area contributed by atoms with Crippen LogP contribution in [0.3, 0.4) is 0 Å². The van der Waals surface area contributed by atoms with Gasteiger partial charge in [-0.15, -0.1) is 0 Å². The van der Waals surface area contributed by atoms with Crippen molar-refractivity contribution in [2.45, 2.75) is 64.7 Å². The molecule has 4 heteroatoms. The normalized spacial score (nSPS) is 14.3. The topological polar surface area (TPSA) is 50.9 Å². The number of benzene rings is 6. The molecule has 6 aromatic carbocycles. The Morgan fingerprint density at radius 1 is 0.571 bits per heavy atom. The average molecular weight is 730 g/mol. The van der Waals surface area contributed by atoms with Gasteiger partial charge in [-0.3, -0.25) is 9.55 Å². The molecule has 56 heavy (non-hydrogen) atoms. The number of hydrogen-bond acceptors (Lipinski definition) is 3. The summed E-state index contributed by atoms with van der Waals surface area (Å²) >= 11 is 0. The van der Waals surface area contributed by atoms with Gasteiger partial charge in [0.25, 0.3) is 0 Å². The minimum Gasteiger partial charge on any atom is -0.507 e. The van der Waals surface area contributed by atoms with Gasteiger partial charge in [0.15, 0.2) is 0 Å². The second kappa shape index (κ2) is 12.9. The van der Waals surface area contributed by atoms with Crippen molar-refractivity contribution < 1.29 is 5.11 Å². The molecule has 0 saturated heterocycles. The Balaban J connectivity index is 1.39. The van der Waals surface area contributed by atoms with E-state index in [1.165, 1.54) is 11.1 Å². The molecule has 1 N–H and O–H groups in total. The molecule has 0 amide bonds. The number of rotatable bonds is 5. The lowest BCUT2D eigenvalue weighted by molar-refractivity contribution is 0.297. The SMILES string of the molecule is CC(C)(C)c1cc(-c2cn(-c3c(-c4ccccc4)cccc3-c3ccccc3)c(-c3ccc4c(c3)-c3c(O)cccc3C(C)(C)C4(C)C)n2)c2ncccc2c1. The molecule has 0 spiro atoms. The van der Waals surface area contributed by atoms with Crippen LogP contribution < -0.4 is 0 Å². The van der Waals surface area contributed by atoms with Gasteiger partial charge in [-0.25, -0.2) is 4.98 Å². The largest absolute Gasteiger partial charge is 0.507 e. The van der Waals surface area contributed by atoms with Gasteiger partial charge in [0.05, 0.1) is 16.9 Å². The van der Waals surface area contributed by atoms with Gasteiger partial charge in [-0.05, 0) is 80.0 Å². The molecule has 4 nitrogen and oxygen atoms in total. The Morgan fingerprint density at radius 2 is 1.21 bits per heavy atom. The van der Waals surface area contributed by atoms with E-state index in [0.29, 0.717) is 5.75 Å². The fourth-order valence-corrected chi connectivity index (χ4v) is 8.66. The first kappa shape index (κ1) is 35.4. The van der Waals surface area contributed by atoms with Gasteiger partial charge in [0.2, 0.25) is 0 Å². The van der Waals surface area contributed by atoms with Gasteiger partial charge in [0, 0.05) is 45.6 Å². The van der Waals surface area contributed by atoms with Crippen LogP contribution in [0.15, 0.2) is 152 Å². The maximum atomic E-state index is 11.5. The van der Waals surface area contributed by atoms with E-state index in [9.17, 15) is 5.11 Å². The number of pyridine rings is 1. The van der Waals surface area contributed by atoms with E-state index in [1.807, 2.05) is 24.4 Å². The molecule has 1 aliphatic carbocycles.